The summed E-state index contributed by atoms with van der Waals surface area (Å²) in [6.07, 6.45) is 0.419. The fourth-order valence-electron chi connectivity index (χ4n) is 1.68. The first-order valence-electron chi connectivity index (χ1n) is 5.73. The summed E-state index contributed by atoms with van der Waals surface area (Å²) in [5.41, 5.74) is 0. The minimum Gasteiger partial charge on any atom is -0.381 e. The van der Waals surface area contributed by atoms with E-state index >= 15 is 0 Å². The lowest BCUT2D eigenvalue weighted by atomic mass is 10.1. The van der Waals surface area contributed by atoms with E-state index in [0.29, 0.717) is 12.5 Å². The molecule has 0 aromatic heterocycles. The summed E-state index contributed by atoms with van der Waals surface area (Å²) in [5, 5.41) is 0. The summed E-state index contributed by atoms with van der Waals surface area (Å²) in [5.74, 6) is -0.698. The van der Waals surface area contributed by atoms with Crippen molar-refractivity contribution in [3.05, 3.63) is 0 Å². The molecule has 0 heterocycles. The van der Waals surface area contributed by atoms with Gasteiger partial charge >= 0.3 is 8.80 Å². The van der Waals surface area contributed by atoms with Crippen LogP contribution in [0.15, 0.2) is 0 Å². The first-order valence-corrected chi connectivity index (χ1v) is 7.66. The molecule has 0 N–H and O–H groups in total. The Bertz CT molecular complexity index is 209. The SMILES string of the molecule is COC(CC(C)(OC)OC)C[Si](OC)(OC)OC. The van der Waals surface area contributed by atoms with Crippen LogP contribution >= 0.6 is 0 Å². The molecule has 0 aliphatic rings. The van der Waals surface area contributed by atoms with Crippen LogP contribution in [0.3, 0.4) is 0 Å². The highest BCUT2D eigenvalue weighted by Gasteiger charge is 2.42. The monoisotopic (exact) mass is 282 g/mol. The summed E-state index contributed by atoms with van der Waals surface area (Å²) in [4.78, 5) is 0. The molecule has 0 bridgehead atoms. The third kappa shape index (κ3) is 4.92. The summed E-state index contributed by atoms with van der Waals surface area (Å²) in [6.45, 7) is 1.86. The summed E-state index contributed by atoms with van der Waals surface area (Å²) >= 11 is 0. The molecular weight excluding hydrogens is 256 g/mol. The second kappa shape index (κ2) is 8.21. The summed E-state index contributed by atoms with van der Waals surface area (Å²) in [7, 11) is 6.92. The smallest absolute Gasteiger partial charge is 0.381 e. The summed E-state index contributed by atoms with van der Waals surface area (Å²) in [6, 6.07) is 0.537. The van der Waals surface area contributed by atoms with Crippen molar-refractivity contribution in [1.29, 1.82) is 0 Å². The largest absolute Gasteiger partial charge is 0.502 e. The molecule has 0 aromatic carbocycles. The van der Waals surface area contributed by atoms with Crippen LogP contribution in [-0.4, -0.2) is 63.4 Å². The predicted molar refractivity (Wildman–Crippen MR) is 69.4 cm³/mol. The van der Waals surface area contributed by atoms with Crippen LogP contribution in [-0.2, 0) is 27.5 Å². The van der Waals surface area contributed by atoms with E-state index in [-0.39, 0.29) is 6.10 Å². The van der Waals surface area contributed by atoms with Gasteiger partial charge in [0.25, 0.3) is 0 Å². The maximum Gasteiger partial charge on any atom is 0.502 e. The zero-order valence-electron chi connectivity index (χ0n) is 12.4. The van der Waals surface area contributed by atoms with E-state index in [1.807, 2.05) is 6.92 Å². The van der Waals surface area contributed by atoms with Crippen molar-refractivity contribution in [2.75, 3.05) is 42.7 Å². The van der Waals surface area contributed by atoms with E-state index in [9.17, 15) is 0 Å². The molecule has 0 saturated heterocycles. The Morgan fingerprint density at radius 2 is 1.33 bits per heavy atom. The van der Waals surface area contributed by atoms with Gasteiger partial charge in [0.05, 0.1) is 6.10 Å². The molecule has 7 heteroatoms. The lowest BCUT2D eigenvalue weighted by molar-refractivity contribution is -0.210. The first kappa shape index (κ1) is 18.0. The van der Waals surface area contributed by atoms with Crippen molar-refractivity contribution >= 4 is 8.80 Å². The molecule has 0 aliphatic heterocycles. The van der Waals surface area contributed by atoms with Gasteiger partial charge < -0.3 is 27.5 Å². The Balaban J connectivity index is 4.69. The van der Waals surface area contributed by atoms with Crippen molar-refractivity contribution < 1.29 is 27.5 Å². The molecule has 0 saturated carbocycles. The average Bonchev–Trinajstić information content (AvgIpc) is 2.43. The van der Waals surface area contributed by atoms with E-state index in [2.05, 4.69) is 0 Å². The highest BCUT2D eigenvalue weighted by atomic mass is 28.4. The maximum atomic E-state index is 5.45. The normalized spacial score (nSPS) is 14.8. The van der Waals surface area contributed by atoms with Crippen molar-refractivity contribution in [2.24, 2.45) is 0 Å². The first-order chi connectivity index (χ1) is 8.44. The van der Waals surface area contributed by atoms with Crippen LogP contribution < -0.4 is 0 Å². The van der Waals surface area contributed by atoms with Crippen LogP contribution in [0.1, 0.15) is 13.3 Å². The average molecular weight is 282 g/mol. The Kier molecular flexibility index (Phi) is 8.20. The van der Waals surface area contributed by atoms with Crippen molar-refractivity contribution in [1.82, 2.24) is 0 Å². The third-order valence-electron chi connectivity index (χ3n) is 3.21. The van der Waals surface area contributed by atoms with Gasteiger partial charge in [0.1, 0.15) is 0 Å². The van der Waals surface area contributed by atoms with Gasteiger partial charge in [0, 0.05) is 55.1 Å². The Morgan fingerprint density at radius 3 is 1.61 bits per heavy atom. The summed E-state index contributed by atoms with van der Waals surface area (Å²) < 4.78 is 32.2. The topological polar surface area (TPSA) is 55.4 Å². The zero-order chi connectivity index (χ0) is 14.2. The van der Waals surface area contributed by atoms with E-state index in [4.69, 9.17) is 27.5 Å². The molecule has 6 nitrogen and oxygen atoms in total. The van der Waals surface area contributed by atoms with E-state index in [1.165, 1.54) is 0 Å². The molecule has 0 rings (SSSR count). The quantitative estimate of drug-likeness (QED) is 0.444. The lowest BCUT2D eigenvalue weighted by Gasteiger charge is -2.33. The van der Waals surface area contributed by atoms with Crippen LogP contribution in [0.5, 0.6) is 0 Å². The fraction of sp³-hybridized carbons (Fsp3) is 1.00. The fourth-order valence-corrected chi connectivity index (χ4v) is 3.55. The predicted octanol–water partition coefficient (Wildman–Crippen LogP) is 1.28. The van der Waals surface area contributed by atoms with Gasteiger partial charge in [0.15, 0.2) is 5.79 Å². The molecule has 0 fully saturated rings. The van der Waals surface area contributed by atoms with Crippen LogP contribution in [0, 0.1) is 0 Å². The second-order valence-corrected chi connectivity index (χ2v) is 7.10. The number of ether oxygens (including phenoxy) is 3. The molecule has 1 unspecified atom stereocenters. The van der Waals surface area contributed by atoms with Crippen LogP contribution in [0.25, 0.3) is 0 Å². The van der Waals surface area contributed by atoms with Gasteiger partial charge in [-0.1, -0.05) is 0 Å². The van der Waals surface area contributed by atoms with E-state index < -0.39 is 14.6 Å². The van der Waals surface area contributed by atoms with Crippen molar-refractivity contribution in [3.8, 4) is 0 Å². The van der Waals surface area contributed by atoms with Gasteiger partial charge in [-0.15, -0.1) is 0 Å². The molecule has 0 aliphatic carbocycles. The number of hydrogen-bond donors (Lipinski definition) is 0. The molecule has 18 heavy (non-hydrogen) atoms. The molecule has 1 atom stereocenters. The number of rotatable bonds is 10. The third-order valence-corrected chi connectivity index (χ3v) is 6.03. The lowest BCUT2D eigenvalue weighted by Crippen LogP contribution is -2.47. The minimum absolute atomic E-state index is 0.138. The van der Waals surface area contributed by atoms with Gasteiger partial charge in [-0.25, -0.2) is 0 Å². The highest BCUT2D eigenvalue weighted by Crippen LogP contribution is 2.25. The van der Waals surface area contributed by atoms with Crippen LogP contribution in [0.4, 0.5) is 0 Å². The number of methoxy groups -OCH3 is 3. The maximum absolute atomic E-state index is 5.45. The number of hydrogen-bond acceptors (Lipinski definition) is 6. The minimum atomic E-state index is -2.66. The van der Waals surface area contributed by atoms with Crippen molar-refractivity contribution in [3.63, 3.8) is 0 Å². The van der Waals surface area contributed by atoms with E-state index in [1.54, 1.807) is 42.7 Å². The molecule has 0 radical (unpaired) electrons. The Labute approximate surface area is 111 Å². The molecule has 0 aromatic rings. The molecule has 0 spiro atoms. The van der Waals surface area contributed by atoms with Gasteiger partial charge in [-0.3, -0.25) is 0 Å². The van der Waals surface area contributed by atoms with E-state index in [0.717, 1.165) is 0 Å². The molecular formula is C11H26O6Si. The van der Waals surface area contributed by atoms with Gasteiger partial charge in [-0.2, -0.15) is 0 Å². The second-order valence-electron chi connectivity index (χ2n) is 4.10. The highest BCUT2D eigenvalue weighted by molar-refractivity contribution is 6.60. The van der Waals surface area contributed by atoms with Gasteiger partial charge in [-0.05, 0) is 6.92 Å². The molecule has 110 valence electrons. The van der Waals surface area contributed by atoms with Gasteiger partial charge in [0.2, 0.25) is 0 Å². The Morgan fingerprint density at radius 1 is 0.889 bits per heavy atom. The van der Waals surface area contributed by atoms with Crippen LogP contribution in [0.2, 0.25) is 6.04 Å². The van der Waals surface area contributed by atoms with Crippen molar-refractivity contribution in [2.45, 2.75) is 31.3 Å². The standard InChI is InChI=1S/C11H26O6Si/c1-11(13-3,14-4)8-10(12-2)9-18(15-5,16-6)17-7/h10H,8-9H2,1-7H3. The molecule has 0 amide bonds. The zero-order valence-corrected chi connectivity index (χ0v) is 13.4. The Hall–Kier alpha value is -0.0231.